The number of unbranched alkanes of at least 4 members (excludes halogenated alkanes) is 1. The lowest BCUT2D eigenvalue weighted by atomic mass is 10.2. The fourth-order valence-corrected chi connectivity index (χ4v) is 1.63. The summed E-state index contributed by atoms with van der Waals surface area (Å²) < 4.78 is 16.0. The fraction of sp³-hybridized carbons (Fsp3) is 0.600. The zero-order chi connectivity index (χ0) is 14.8. The first-order chi connectivity index (χ1) is 9.71. The number of benzene rings is 1. The van der Waals surface area contributed by atoms with Gasteiger partial charge in [-0.15, -0.1) is 0 Å². The van der Waals surface area contributed by atoms with Crippen LogP contribution in [0, 0.1) is 0 Å². The molecular formula is C15H24O5. The maximum atomic E-state index is 9.74. The molecule has 2 N–H and O–H groups in total. The Morgan fingerprint density at radius 2 is 2.00 bits per heavy atom. The van der Waals surface area contributed by atoms with Gasteiger partial charge in [0.2, 0.25) is 0 Å². The van der Waals surface area contributed by atoms with Crippen LogP contribution in [0.5, 0.6) is 11.5 Å². The highest BCUT2D eigenvalue weighted by atomic mass is 16.5. The Kier molecular flexibility index (Phi) is 8.02. The molecule has 114 valence electrons. The predicted octanol–water partition coefficient (Wildman–Crippen LogP) is 1.74. The molecule has 0 bridgehead atoms. The van der Waals surface area contributed by atoms with Crippen LogP contribution in [-0.2, 0) is 11.3 Å². The van der Waals surface area contributed by atoms with E-state index >= 15 is 0 Å². The van der Waals surface area contributed by atoms with Crippen molar-refractivity contribution in [1.29, 1.82) is 0 Å². The zero-order valence-electron chi connectivity index (χ0n) is 12.2. The lowest BCUT2D eigenvalue weighted by Gasteiger charge is -2.15. The molecule has 0 heterocycles. The monoisotopic (exact) mass is 284 g/mol. The second-order valence-corrected chi connectivity index (χ2v) is 4.54. The van der Waals surface area contributed by atoms with Crippen molar-refractivity contribution in [3.63, 3.8) is 0 Å². The minimum atomic E-state index is -0.672. The molecule has 0 aromatic heterocycles. The van der Waals surface area contributed by atoms with Crippen LogP contribution >= 0.6 is 0 Å². The van der Waals surface area contributed by atoms with Crippen LogP contribution in [-0.4, -0.2) is 43.2 Å². The van der Waals surface area contributed by atoms with Crippen molar-refractivity contribution in [2.75, 3.05) is 26.9 Å². The predicted molar refractivity (Wildman–Crippen MR) is 76.1 cm³/mol. The van der Waals surface area contributed by atoms with Crippen LogP contribution in [0.2, 0.25) is 0 Å². The molecule has 1 aromatic carbocycles. The summed E-state index contributed by atoms with van der Waals surface area (Å²) in [4.78, 5) is 0. The van der Waals surface area contributed by atoms with Gasteiger partial charge in [0.25, 0.3) is 0 Å². The SMILES string of the molecule is CCCCOCC(O)COc1ccc(CO)cc1OC. The summed E-state index contributed by atoms with van der Waals surface area (Å²) in [5.41, 5.74) is 0.748. The van der Waals surface area contributed by atoms with Gasteiger partial charge >= 0.3 is 0 Å². The van der Waals surface area contributed by atoms with E-state index < -0.39 is 6.10 Å². The molecule has 1 unspecified atom stereocenters. The number of aliphatic hydroxyl groups is 2. The van der Waals surface area contributed by atoms with Crippen molar-refractivity contribution < 1.29 is 24.4 Å². The number of aliphatic hydroxyl groups excluding tert-OH is 2. The van der Waals surface area contributed by atoms with Crippen molar-refractivity contribution >= 4 is 0 Å². The van der Waals surface area contributed by atoms with E-state index in [0.717, 1.165) is 18.4 Å². The molecular weight excluding hydrogens is 260 g/mol. The minimum absolute atomic E-state index is 0.0511. The molecule has 1 rings (SSSR count). The van der Waals surface area contributed by atoms with E-state index in [0.29, 0.717) is 18.1 Å². The van der Waals surface area contributed by atoms with Gasteiger partial charge in [-0.05, 0) is 24.1 Å². The smallest absolute Gasteiger partial charge is 0.161 e. The molecule has 20 heavy (non-hydrogen) atoms. The third kappa shape index (κ3) is 5.77. The molecule has 1 aromatic rings. The molecule has 0 aliphatic rings. The normalized spacial score (nSPS) is 12.2. The topological polar surface area (TPSA) is 68.2 Å². The second kappa shape index (κ2) is 9.58. The maximum absolute atomic E-state index is 9.74. The molecule has 0 aliphatic heterocycles. The fourth-order valence-electron chi connectivity index (χ4n) is 1.63. The lowest BCUT2D eigenvalue weighted by molar-refractivity contribution is 0.0108. The first kappa shape index (κ1) is 16.8. The Hall–Kier alpha value is -1.30. The summed E-state index contributed by atoms with van der Waals surface area (Å²) >= 11 is 0. The molecule has 1 atom stereocenters. The van der Waals surface area contributed by atoms with Crippen molar-refractivity contribution in [1.82, 2.24) is 0 Å². The van der Waals surface area contributed by atoms with Crippen LogP contribution in [0.25, 0.3) is 0 Å². The molecule has 0 saturated carbocycles. The van der Waals surface area contributed by atoms with Crippen molar-refractivity contribution in [3.05, 3.63) is 23.8 Å². The van der Waals surface area contributed by atoms with Crippen molar-refractivity contribution in [3.8, 4) is 11.5 Å². The van der Waals surface area contributed by atoms with Gasteiger partial charge in [0.05, 0.1) is 20.3 Å². The summed E-state index contributed by atoms with van der Waals surface area (Å²) in [6.45, 7) is 3.09. The van der Waals surface area contributed by atoms with Crippen LogP contribution in [0.4, 0.5) is 0 Å². The van der Waals surface area contributed by atoms with E-state index in [1.807, 2.05) is 0 Å². The summed E-state index contributed by atoms with van der Waals surface area (Å²) in [5, 5.41) is 18.8. The molecule has 0 fully saturated rings. The molecule has 5 nitrogen and oxygen atoms in total. The summed E-state index contributed by atoms with van der Waals surface area (Å²) in [6.07, 6.45) is 1.39. The zero-order valence-corrected chi connectivity index (χ0v) is 12.2. The Labute approximate surface area is 120 Å². The van der Waals surface area contributed by atoms with E-state index in [4.69, 9.17) is 19.3 Å². The van der Waals surface area contributed by atoms with Gasteiger partial charge in [0.1, 0.15) is 12.7 Å². The third-order valence-corrected chi connectivity index (χ3v) is 2.79. The largest absolute Gasteiger partial charge is 0.493 e. The van der Waals surface area contributed by atoms with E-state index in [9.17, 15) is 5.11 Å². The van der Waals surface area contributed by atoms with Crippen LogP contribution in [0.15, 0.2) is 18.2 Å². The third-order valence-electron chi connectivity index (χ3n) is 2.79. The Morgan fingerprint density at radius 1 is 1.20 bits per heavy atom. The highest BCUT2D eigenvalue weighted by Gasteiger charge is 2.09. The second-order valence-electron chi connectivity index (χ2n) is 4.54. The van der Waals surface area contributed by atoms with E-state index in [1.165, 1.54) is 7.11 Å². The van der Waals surface area contributed by atoms with Gasteiger partial charge in [0.15, 0.2) is 11.5 Å². The minimum Gasteiger partial charge on any atom is -0.493 e. The summed E-state index contributed by atoms with van der Waals surface area (Å²) in [6, 6.07) is 5.18. The highest BCUT2D eigenvalue weighted by molar-refractivity contribution is 5.42. The number of rotatable bonds is 10. The van der Waals surface area contributed by atoms with Crippen molar-refractivity contribution in [2.45, 2.75) is 32.5 Å². The van der Waals surface area contributed by atoms with Crippen LogP contribution in [0.3, 0.4) is 0 Å². The quantitative estimate of drug-likeness (QED) is 0.641. The van der Waals surface area contributed by atoms with Gasteiger partial charge in [-0.3, -0.25) is 0 Å². The molecule has 0 amide bonds. The average molecular weight is 284 g/mol. The van der Waals surface area contributed by atoms with Gasteiger partial charge in [-0.25, -0.2) is 0 Å². The van der Waals surface area contributed by atoms with Crippen LogP contribution < -0.4 is 9.47 Å². The van der Waals surface area contributed by atoms with E-state index in [1.54, 1.807) is 18.2 Å². The van der Waals surface area contributed by atoms with E-state index in [-0.39, 0.29) is 19.8 Å². The Morgan fingerprint density at radius 3 is 2.65 bits per heavy atom. The van der Waals surface area contributed by atoms with Gasteiger partial charge in [-0.2, -0.15) is 0 Å². The van der Waals surface area contributed by atoms with Crippen molar-refractivity contribution in [2.24, 2.45) is 0 Å². The molecule has 0 spiro atoms. The lowest BCUT2D eigenvalue weighted by Crippen LogP contribution is -2.23. The Bertz CT molecular complexity index is 381. The van der Waals surface area contributed by atoms with Gasteiger partial charge in [-0.1, -0.05) is 19.4 Å². The standard InChI is InChI=1S/C15H24O5/c1-3-4-7-19-10-13(17)11-20-14-6-5-12(9-16)8-15(14)18-2/h5-6,8,13,16-17H,3-4,7,9-11H2,1-2H3. The van der Waals surface area contributed by atoms with Crippen LogP contribution in [0.1, 0.15) is 25.3 Å². The number of methoxy groups -OCH3 is 1. The first-order valence-corrected chi connectivity index (χ1v) is 6.87. The number of hydrogen-bond donors (Lipinski definition) is 2. The summed E-state index contributed by atoms with van der Waals surface area (Å²) in [5.74, 6) is 1.08. The molecule has 0 aliphatic carbocycles. The first-order valence-electron chi connectivity index (χ1n) is 6.87. The summed E-state index contributed by atoms with van der Waals surface area (Å²) in [7, 11) is 1.54. The highest BCUT2D eigenvalue weighted by Crippen LogP contribution is 2.28. The molecule has 0 saturated heterocycles. The maximum Gasteiger partial charge on any atom is 0.161 e. The van der Waals surface area contributed by atoms with E-state index in [2.05, 4.69) is 6.92 Å². The average Bonchev–Trinajstić information content (AvgIpc) is 2.49. The number of hydrogen-bond acceptors (Lipinski definition) is 5. The van der Waals surface area contributed by atoms with Gasteiger partial charge in [0, 0.05) is 6.61 Å². The molecule has 0 radical (unpaired) electrons. The van der Waals surface area contributed by atoms with Gasteiger partial charge < -0.3 is 24.4 Å². The Balaban J connectivity index is 2.40. The number of ether oxygens (including phenoxy) is 3. The molecule has 5 heteroatoms.